The Balaban J connectivity index is 1.92. The number of ether oxygens (including phenoxy) is 5. The van der Waals surface area contributed by atoms with Gasteiger partial charge in [0, 0.05) is 65.5 Å². The van der Waals surface area contributed by atoms with E-state index in [1.807, 2.05) is 0 Å². The quantitative estimate of drug-likeness (QED) is 0.0281. The van der Waals surface area contributed by atoms with Gasteiger partial charge in [-0.25, -0.2) is 4.79 Å². The number of carbonyl (C=O) groups excluding carboxylic acids is 6. The number of hydrogen-bond acceptors (Lipinski definition) is 13. The minimum absolute atomic E-state index is 0.00582. The number of hydrogen-bond donors (Lipinski definition) is 6. The molecule has 17 nitrogen and oxygen atoms in total. The molecule has 0 saturated carbocycles. The number of nitrogens with zero attached hydrogens (tertiary/aromatic N) is 1. The van der Waals surface area contributed by atoms with Crippen LogP contribution in [0.15, 0.2) is 0 Å². The molecular formula is C26H45N5O12S. The van der Waals surface area contributed by atoms with E-state index in [1.165, 1.54) is 7.11 Å². The number of imide groups is 1. The Morgan fingerprint density at radius 3 is 2.11 bits per heavy atom. The third kappa shape index (κ3) is 17.9. The molecule has 5 N–H and O–H groups in total. The number of aliphatic hydroxyl groups excluding tert-OH is 1. The first-order valence-electron chi connectivity index (χ1n) is 14.2. The number of carbonyl (C=O) groups is 6. The number of nitrogens with one attached hydrogen (secondary N) is 4. The molecule has 0 bridgehead atoms. The third-order valence-electron chi connectivity index (χ3n) is 5.84. The van der Waals surface area contributed by atoms with Gasteiger partial charge in [-0.2, -0.15) is 12.6 Å². The van der Waals surface area contributed by atoms with Gasteiger partial charge in [0.25, 0.3) is 0 Å². The fourth-order valence-corrected chi connectivity index (χ4v) is 3.77. The van der Waals surface area contributed by atoms with E-state index in [0.717, 1.165) is 4.90 Å². The van der Waals surface area contributed by atoms with Gasteiger partial charge < -0.3 is 50.1 Å². The zero-order valence-corrected chi connectivity index (χ0v) is 26.1. The number of likely N-dealkylation sites (tertiary alicyclic amines) is 1. The molecule has 1 aliphatic heterocycles. The number of alkyl carbamates (subject to hydrolysis) is 1. The summed E-state index contributed by atoms with van der Waals surface area (Å²) in [4.78, 5) is 71.8. The van der Waals surface area contributed by atoms with Gasteiger partial charge in [0.05, 0.1) is 44.4 Å². The molecule has 3 unspecified atom stereocenters. The van der Waals surface area contributed by atoms with Crippen LogP contribution in [0.25, 0.3) is 0 Å². The molecule has 1 fully saturated rings. The predicted molar refractivity (Wildman–Crippen MR) is 156 cm³/mol. The van der Waals surface area contributed by atoms with E-state index in [1.54, 1.807) is 6.92 Å². The highest BCUT2D eigenvalue weighted by atomic mass is 32.1. The summed E-state index contributed by atoms with van der Waals surface area (Å²) in [6.07, 6.45) is -1.87. The van der Waals surface area contributed by atoms with Crippen LogP contribution in [0.4, 0.5) is 4.79 Å². The fourth-order valence-electron chi connectivity index (χ4n) is 3.47. The molecule has 0 aliphatic carbocycles. The first-order valence-corrected chi connectivity index (χ1v) is 14.8. The van der Waals surface area contributed by atoms with E-state index in [0.29, 0.717) is 0 Å². The standard InChI is InChI=1S/C26H45N5O12S/c1-18(16-32)43-24(39-2)17-42-26(38)30-6-3-20(33)27-7-8-28-22(35)5-11-40-13-14-41-12-9-29-21(34)4-10-31-23(36)15-19(44)25(31)37/h18-19,24,32,44H,3-17H2,1-2H3,(H,27,33)(H,28,35)(H,29,34)(H,30,38). The summed E-state index contributed by atoms with van der Waals surface area (Å²) < 4.78 is 25.9. The van der Waals surface area contributed by atoms with E-state index >= 15 is 0 Å². The topological polar surface area (TPSA) is 220 Å². The number of aliphatic hydroxyl groups is 1. The summed E-state index contributed by atoms with van der Waals surface area (Å²) in [6.45, 7) is 2.95. The van der Waals surface area contributed by atoms with E-state index < -0.39 is 23.7 Å². The molecule has 6 amide bonds. The van der Waals surface area contributed by atoms with Gasteiger partial charge in [-0.3, -0.25) is 28.9 Å². The van der Waals surface area contributed by atoms with Gasteiger partial charge in [-0.1, -0.05) is 0 Å². The molecule has 1 rings (SSSR count). The minimum Gasteiger partial charge on any atom is -0.444 e. The van der Waals surface area contributed by atoms with Gasteiger partial charge in [0.1, 0.15) is 6.61 Å². The first-order chi connectivity index (χ1) is 21.1. The highest BCUT2D eigenvalue weighted by Crippen LogP contribution is 2.17. The molecule has 0 radical (unpaired) electrons. The molecule has 0 aromatic rings. The highest BCUT2D eigenvalue weighted by Gasteiger charge is 2.36. The zero-order valence-electron chi connectivity index (χ0n) is 25.2. The number of amides is 6. The summed E-state index contributed by atoms with van der Waals surface area (Å²) in [5.41, 5.74) is 0. The third-order valence-corrected chi connectivity index (χ3v) is 6.25. The summed E-state index contributed by atoms with van der Waals surface area (Å²) in [5.74, 6) is -1.58. The van der Waals surface area contributed by atoms with Crippen molar-refractivity contribution in [3.8, 4) is 0 Å². The van der Waals surface area contributed by atoms with Gasteiger partial charge in [-0.15, -0.1) is 0 Å². The van der Waals surface area contributed by atoms with Crippen molar-refractivity contribution < 1.29 is 57.6 Å². The Morgan fingerprint density at radius 2 is 1.50 bits per heavy atom. The van der Waals surface area contributed by atoms with Crippen LogP contribution in [0.3, 0.4) is 0 Å². The van der Waals surface area contributed by atoms with Crippen molar-refractivity contribution in [2.45, 2.75) is 50.3 Å². The van der Waals surface area contributed by atoms with Crippen molar-refractivity contribution in [3.05, 3.63) is 0 Å². The number of methoxy groups -OCH3 is 1. The number of thiol groups is 1. The molecule has 44 heavy (non-hydrogen) atoms. The molecule has 0 spiro atoms. The van der Waals surface area contributed by atoms with Gasteiger partial charge in [-0.05, 0) is 6.92 Å². The maximum Gasteiger partial charge on any atom is 0.407 e. The Labute approximate surface area is 261 Å². The normalized spacial score (nSPS) is 15.9. The van der Waals surface area contributed by atoms with E-state index in [4.69, 9.17) is 28.8 Å². The number of rotatable bonds is 24. The summed E-state index contributed by atoms with van der Waals surface area (Å²) in [6, 6.07) is 0. The lowest BCUT2D eigenvalue weighted by Crippen LogP contribution is -2.37. The van der Waals surface area contributed by atoms with Crippen LogP contribution in [0.2, 0.25) is 0 Å². The van der Waals surface area contributed by atoms with Crippen LogP contribution < -0.4 is 21.3 Å². The van der Waals surface area contributed by atoms with E-state index in [9.17, 15) is 28.8 Å². The van der Waals surface area contributed by atoms with Crippen LogP contribution in [-0.4, -0.2) is 143 Å². The predicted octanol–water partition coefficient (Wildman–Crippen LogP) is -2.31. The molecule has 0 aromatic carbocycles. The average Bonchev–Trinajstić information content (AvgIpc) is 3.24. The van der Waals surface area contributed by atoms with Crippen LogP contribution in [0.5, 0.6) is 0 Å². The van der Waals surface area contributed by atoms with Crippen LogP contribution >= 0.6 is 12.6 Å². The second-order valence-corrected chi connectivity index (χ2v) is 10.1. The zero-order chi connectivity index (χ0) is 32.7. The van der Waals surface area contributed by atoms with Crippen molar-refractivity contribution in [2.24, 2.45) is 0 Å². The minimum atomic E-state index is -0.829. The van der Waals surface area contributed by atoms with Crippen molar-refractivity contribution >= 4 is 48.3 Å². The molecular weight excluding hydrogens is 606 g/mol. The van der Waals surface area contributed by atoms with Gasteiger partial charge >= 0.3 is 6.09 Å². The highest BCUT2D eigenvalue weighted by molar-refractivity contribution is 7.81. The second kappa shape index (κ2) is 23.4. The van der Waals surface area contributed by atoms with Crippen molar-refractivity contribution in [3.63, 3.8) is 0 Å². The monoisotopic (exact) mass is 651 g/mol. The van der Waals surface area contributed by atoms with Crippen LogP contribution in [0.1, 0.15) is 32.6 Å². The van der Waals surface area contributed by atoms with E-state index in [2.05, 4.69) is 33.9 Å². The fraction of sp³-hybridized carbons (Fsp3) is 0.769. The van der Waals surface area contributed by atoms with Crippen LogP contribution in [-0.2, 0) is 47.7 Å². The Hall–Kier alpha value is -3.03. The van der Waals surface area contributed by atoms with E-state index in [-0.39, 0.29) is 128 Å². The maximum atomic E-state index is 11.9. The van der Waals surface area contributed by atoms with Gasteiger partial charge in [0.15, 0.2) is 6.29 Å². The first kappa shape index (κ1) is 39.0. The average molecular weight is 652 g/mol. The molecule has 1 aliphatic rings. The SMILES string of the molecule is COC(COC(=O)NCCC(=O)NCCNC(=O)CCOCCOCCNC(=O)CCN1C(=O)CC(S)C1=O)OC(C)CO. The smallest absolute Gasteiger partial charge is 0.407 e. The maximum absolute atomic E-state index is 11.9. The lowest BCUT2D eigenvalue weighted by atomic mass is 10.3. The van der Waals surface area contributed by atoms with Crippen molar-refractivity contribution in [1.29, 1.82) is 0 Å². The molecule has 1 saturated heterocycles. The Morgan fingerprint density at radius 1 is 0.886 bits per heavy atom. The largest absolute Gasteiger partial charge is 0.444 e. The summed E-state index contributed by atoms with van der Waals surface area (Å²) in [5, 5.41) is 18.7. The Bertz CT molecular complexity index is 928. The molecule has 252 valence electrons. The lowest BCUT2D eigenvalue weighted by Gasteiger charge is -2.19. The van der Waals surface area contributed by atoms with Gasteiger partial charge in [0.2, 0.25) is 29.5 Å². The second-order valence-electron chi connectivity index (χ2n) is 9.45. The van der Waals surface area contributed by atoms with Crippen molar-refractivity contribution in [2.75, 3.05) is 79.5 Å². The van der Waals surface area contributed by atoms with Crippen molar-refractivity contribution in [1.82, 2.24) is 26.2 Å². The molecule has 1 heterocycles. The molecule has 18 heteroatoms. The molecule has 0 aromatic heterocycles. The molecule has 3 atom stereocenters. The summed E-state index contributed by atoms with van der Waals surface area (Å²) in [7, 11) is 1.37. The Kier molecular flexibility index (Phi) is 20.7. The lowest BCUT2D eigenvalue weighted by molar-refractivity contribution is -0.176. The summed E-state index contributed by atoms with van der Waals surface area (Å²) >= 11 is 4.03. The van der Waals surface area contributed by atoms with Crippen LogP contribution in [0, 0.1) is 0 Å².